The number of fused-ring (bicyclic) bond motifs is 1. The van der Waals surface area contributed by atoms with Gasteiger partial charge < -0.3 is 15.4 Å². The number of halogens is 2. The van der Waals surface area contributed by atoms with Crippen molar-refractivity contribution in [2.45, 2.75) is 33.2 Å². The number of hydrogen-bond acceptors (Lipinski definition) is 5. The van der Waals surface area contributed by atoms with E-state index in [1.54, 1.807) is 36.0 Å². The highest BCUT2D eigenvalue weighted by atomic mass is 19.3. The number of amides is 2. The van der Waals surface area contributed by atoms with E-state index in [4.69, 9.17) is 4.74 Å². The van der Waals surface area contributed by atoms with Gasteiger partial charge in [-0.2, -0.15) is 5.10 Å². The highest BCUT2D eigenvalue weighted by molar-refractivity contribution is 6.04. The van der Waals surface area contributed by atoms with Crippen LogP contribution in [0.5, 0.6) is 5.75 Å². The van der Waals surface area contributed by atoms with Gasteiger partial charge in [-0.05, 0) is 30.2 Å². The van der Waals surface area contributed by atoms with Crippen molar-refractivity contribution in [1.82, 2.24) is 25.4 Å². The predicted octanol–water partition coefficient (Wildman–Crippen LogP) is 2.69. The van der Waals surface area contributed by atoms with Crippen LogP contribution in [0.4, 0.5) is 8.78 Å². The van der Waals surface area contributed by atoms with Gasteiger partial charge in [-0.3, -0.25) is 19.3 Å². The fourth-order valence-corrected chi connectivity index (χ4v) is 3.12. The lowest BCUT2D eigenvalue weighted by Crippen LogP contribution is -2.34. The van der Waals surface area contributed by atoms with E-state index in [1.807, 2.05) is 6.07 Å². The van der Waals surface area contributed by atoms with E-state index in [-0.39, 0.29) is 24.1 Å². The normalized spacial score (nSPS) is 11.4. The average Bonchev–Trinajstić information content (AvgIpc) is 3.12. The Hall–Kier alpha value is -3.56. The van der Waals surface area contributed by atoms with E-state index in [2.05, 4.69) is 20.7 Å². The summed E-state index contributed by atoms with van der Waals surface area (Å²) in [5.41, 5.74) is 2.51. The van der Waals surface area contributed by atoms with Crippen LogP contribution in [0.1, 0.15) is 35.5 Å². The number of carbonyl (C=O) groups excluding carboxylic acids is 2. The van der Waals surface area contributed by atoms with Crippen molar-refractivity contribution in [2.24, 2.45) is 0 Å². The van der Waals surface area contributed by atoms with Crippen molar-refractivity contribution in [1.29, 1.82) is 0 Å². The van der Waals surface area contributed by atoms with Crippen LogP contribution in [-0.4, -0.2) is 52.2 Å². The number of ether oxygens (including phenoxy) is 1. The summed E-state index contributed by atoms with van der Waals surface area (Å²) < 4.78 is 33.0. The fraction of sp³-hybridized carbons (Fsp3) is 0.364. The molecule has 0 radical (unpaired) electrons. The zero-order chi connectivity index (χ0) is 23.3. The summed E-state index contributed by atoms with van der Waals surface area (Å²) >= 11 is 0. The van der Waals surface area contributed by atoms with E-state index >= 15 is 0 Å². The number of nitrogens with zero attached hydrogens (tertiary/aromatic N) is 3. The Balaban J connectivity index is 1.71. The Kier molecular flexibility index (Phi) is 7.01. The third-order valence-corrected chi connectivity index (χ3v) is 4.55. The van der Waals surface area contributed by atoms with Gasteiger partial charge in [0.2, 0.25) is 5.91 Å². The van der Waals surface area contributed by atoms with Crippen LogP contribution in [-0.2, 0) is 11.3 Å². The number of nitrogens with one attached hydrogen (secondary N) is 2. The number of hydrogen-bond donors (Lipinski definition) is 2. The molecule has 0 saturated carbocycles. The lowest BCUT2D eigenvalue weighted by Gasteiger charge is -2.14. The number of alkyl halides is 2. The summed E-state index contributed by atoms with van der Waals surface area (Å²) in [7, 11) is 0. The molecule has 0 fully saturated rings. The zero-order valence-electron chi connectivity index (χ0n) is 18.1. The maximum Gasteiger partial charge on any atom is 0.278 e. The van der Waals surface area contributed by atoms with E-state index in [0.717, 1.165) is 18.1 Å². The Labute approximate surface area is 184 Å². The largest absolute Gasteiger partial charge is 0.487 e. The first-order valence-electron chi connectivity index (χ1n) is 10.1. The Morgan fingerprint density at radius 3 is 2.62 bits per heavy atom. The van der Waals surface area contributed by atoms with Gasteiger partial charge in [-0.1, -0.05) is 12.1 Å². The van der Waals surface area contributed by atoms with E-state index in [9.17, 15) is 18.4 Å². The van der Waals surface area contributed by atoms with Crippen LogP contribution in [0.3, 0.4) is 0 Å². The molecule has 2 amide bonds. The third kappa shape index (κ3) is 6.22. The van der Waals surface area contributed by atoms with Gasteiger partial charge in [-0.25, -0.2) is 8.78 Å². The molecular formula is C22H25F2N5O3. The van der Waals surface area contributed by atoms with Crippen LogP contribution in [0.2, 0.25) is 0 Å². The maximum absolute atomic E-state index is 13.0. The molecular weight excluding hydrogens is 420 g/mol. The minimum atomic E-state index is -2.90. The molecule has 32 heavy (non-hydrogen) atoms. The van der Waals surface area contributed by atoms with Crippen molar-refractivity contribution < 1.29 is 23.1 Å². The molecule has 3 aromatic rings. The fourth-order valence-electron chi connectivity index (χ4n) is 3.12. The van der Waals surface area contributed by atoms with Gasteiger partial charge in [0.1, 0.15) is 11.4 Å². The van der Waals surface area contributed by atoms with Gasteiger partial charge >= 0.3 is 0 Å². The molecule has 0 bridgehead atoms. The topological polar surface area (TPSA) is 98.1 Å². The maximum atomic E-state index is 13.0. The summed E-state index contributed by atoms with van der Waals surface area (Å²) in [4.78, 5) is 27.6. The Morgan fingerprint density at radius 2 is 1.94 bits per heavy atom. The van der Waals surface area contributed by atoms with E-state index < -0.39 is 12.5 Å². The van der Waals surface area contributed by atoms with Crippen LogP contribution >= 0.6 is 0 Å². The van der Waals surface area contributed by atoms with E-state index in [0.29, 0.717) is 29.7 Å². The standard InChI is InChI=1S/C22H25F2N5O3/c1-14-10-16(4-5-19(14)32-13-22(3,23)24)11-29-12-17-18(28-29)6-7-26-20(17)21(31)27-9-8-25-15(2)30/h4-7,10,12H,8-9,11,13H2,1-3H3,(H,25,30)(H,27,31). The van der Waals surface area contributed by atoms with Crippen LogP contribution in [0, 0.1) is 6.92 Å². The van der Waals surface area contributed by atoms with Gasteiger partial charge in [0, 0.05) is 39.3 Å². The van der Waals surface area contributed by atoms with Gasteiger partial charge in [0.25, 0.3) is 11.8 Å². The molecule has 0 atom stereocenters. The van der Waals surface area contributed by atoms with Crippen molar-refractivity contribution in [2.75, 3.05) is 19.7 Å². The summed E-state index contributed by atoms with van der Waals surface area (Å²) in [6.45, 7) is 4.35. The van der Waals surface area contributed by atoms with Crippen molar-refractivity contribution in [3.05, 3.63) is 53.5 Å². The highest BCUT2D eigenvalue weighted by Crippen LogP contribution is 2.23. The molecule has 0 spiro atoms. The molecule has 170 valence electrons. The van der Waals surface area contributed by atoms with E-state index in [1.165, 1.54) is 13.1 Å². The molecule has 1 aromatic carbocycles. The van der Waals surface area contributed by atoms with Crippen LogP contribution in [0.25, 0.3) is 10.9 Å². The van der Waals surface area contributed by atoms with Crippen LogP contribution in [0.15, 0.2) is 36.7 Å². The number of carbonyl (C=O) groups is 2. The van der Waals surface area contributed by atoms with Crippen LogP contribution < -0.4 is 15.4 Å². The van der Waals surface area contributed by atoms with Crippen molar-refractivity contribution >= 4 is 22.7 Å². The molecule has 0 aliphatic heterocycles. The number of aromatic nitrogens is 3. The molecule has 2 aromatic heterocycles. The second-order valence-corrected chi connectivity index (χ2v) is 7.62. The molecule has 2 heterocycles. The molecule has 0 saturated heterocycles. The monoisotopic (exact) mass is 445 g/mol. The summed E-state index contributed by atoms with van der Waals surface area (Å²) in [6, 6.07) is 7.02. The van der Waals surface area contributed by atoms with Crippen molar-refractivity contribution in [3.63, 3.8) is 0 Å². The van der Waals surface area contributed by atoms with Gasteiger partial charge in [-0.15, -0.1) is 0 Å². The SMILES string of the molecule is CC(=O)NCCNC(=O)c1nccc2nn(Cc3ccc(OCC(C)(F)F)c(C)c3)cc12. The molecule has 0 unspecified atom stereocenters. The predicted molar refractivity (Wildman–Crippen MR) is 115 cm³/mol. The Morgan fingerprint density at radius 1 is 1.19 bits per heavy atom. The summed E-state index contributed by atoms with van der Waals surface area (Å²) in [5, 5.41) is 10.4. The lowest BCUT2D eigenvalue weighted by atomic mass is 10.1. The molecule has 2 N–H and O–H groups in total. The minimum Gasteiger partial charge on any atom is -0.487 e. The molecule has 8 nitrogen and oxygen atoms in total. The van der Waals surface area contributed by atoms with Gasteiger partial charge in [0.15, 0.2) is 6.61 Å². The third-order valence-electron chi connectivity index (χ3n) is 4.55. The first-order valence-corrected chi connectivity index (χ1v) is 10.1. The lowest BCUT2D eigenvalue weighted by molar-refractivity contribution is -0.118. The number of pyridine rings is 1. The van der Waals surface area contributed by atoms with Gasteiger partial charge in [0.05, 0.1) is 17.4 Å². The first kappa shape index (κ1) is 23.1. The zero-order valence-corrected chi connectivity index (χ0v) is 18.1. The number of aryl methyl sites for hydroxylation is 1. The second-order valence-electron chi connectivity index (χ2n) is 7.62. The summed E-state index contributed by atoms with van der Waals surface area (Å²) in [5.74, 6) is -3.02. The average molecular weight is 445 g/mol. The van der Waals surface area contributed by atoms with Crippen molar-refractivity contribution in [3.8, 4) is 5.75 Å². The second kappa shape index (κ2) is 9.71. The highest BCUT2D eigenvalue weighted by Gasteiger charge is 2.22. The quantitative estimate of drug-likeness (QED) is 0.494. The smallest absolute Gasteiger partial charge is 0.278 e. The minimum absolute atomic E-state index is 0.168. The molecule has 10 heteroatoms. The summed E-state index contributed by atoms with van der Waals surface area (Å²) in [6.07, 6.45) is 3.25. The Bertz CT molecular complexity index is 1120. The first-order chi connectivity index (χ1) is 15.1. The molecule has 0 aliphatic rings. The molecule has 3 rings (SSSR count). The molecule has 0 aliphatic carbocycles. The number of benzene rings is 1. The number of rotatable bonds is 9.